The van der Waals surface area contributed by atoms with E-state index in [1.54, 1.807) is 13.1 Å². The summed E-state index contributed by atoms with van der Waals surface area (Å²) in [7, 11) is 4.05. The Hall–Kier alpha value is -2.88. The molecule has 0 amide bonds. The maximum Gasteiger partial charge on any atom is 0.106 e. The van der Waals surface area contributed by atoms with E-state index in [-0.39, 0.29) is 0 Å². The van der Waals surface area contributed by atoms with Crippen LogP contribution in [0.1, 0.15) is 53.0 Å². The van der Waals surface area contributed by atoms with Crippen LogP contribution in [-0.2, 0) is 5.41 Å². The molecule has 3 rings (SSSR count). The number of pyridine rings is 1. The summed E-state index contributed by atoms with van der Waals surface area (Å²) in [6.07, 6.45) is 5.32. The van der Waals surface area contributed by atoms with Crippen molar-refractivity contribution in [1.82, 2.24) is 4.98 Å². The van der Waals surface area contributed by atoms with E-state index < -0.39 is 11.6 Å². The SMILES string of the molecule is CCCC.C[C@@H](F)C(C)(C)c1ccccc1N(C)c1cnccc1N(C)c1ccccc1. The van der Waals surface area contributed by atoms with E-state index in [1.165, 1.54) is 12.8 Å². The number of aromatic nitrogens is 1. The number of rotatable bonds is 7. The van der Waals surface area contributed by atoms with Crippen LogP contribution in [0.15, 0.2) is 73.1 Å². The molecule has 0 fully saturated rings. The molecule has 0 aliphatic heterocycles. The predicted octanol–water partition coefficient (Wildman–Crippen LogP) is 8.06. The van der Waals surface area contributed by atoms with Crippen LogP contribution in [0.2, 0.25) is 0 Å². The van der Waals surface area contributed by atoms with Gasteiger partial charge in [0.05, 0.1) is 17.6 Å². The van der Waals surface area contributed by atoms with E-state index in [0.29, 0.717) is 0 Å². The minimum absolute atomic E-state index is 0.599. The predicted molar refractivity (Wildman–Crippen MR) is 137 cm³/mol. The molecule has 1 atom stereocenters. The molecule has 2 aromatic carbocycles. The first-order valence-corrected chi connectivity index (χ1v) is 11.5. The van der Waals surface area contributed by atoms with Crippen LogP contribution in [0.3, 0.4) is 0 Å². The molecular weight excluding hydrogens is 397 g/mol. The molecule has 3 aromatic rings. The zero-order valence-electron chi connectivity index (χ0n) is 20.6. The van der Waals surface area contributed by atoms with Gasteiger partial charge < -0.3 is 9.80 Å². The lowest BCUT2D eigenvalue weighted by Gasteiger charge is -2.34. The van der Waals surface area contributed by atoms with Crippen molar-refractivity contribution >= 4 is 22.7 Å². The van der Waals surface area contributed by atoms with Crippen molar-refractivity contribution in [3.05, 3.63) is 78.6 Å². The molecule has 1 aromatic heterocycles. The zero-order chi connectivity index (χ0) is 23.7. The van der Waals surface area contributed by atoms with Gasteiger partial charge in [-0.3, -0.25) is 4.98 Å². The summed E-state index contributed by atoms with van der Waals surface area (Å²) in [6.45, 7) is 9.88. The molecular formula is C28H38FN3. The molecule has 0 saturated heterocycles. The number of alkyl halides is 1. The number of anilines is 4. The lowest BCUT2D eigenvalue weighted by Crippen LogP contribution is -2.30. The Labute approximate surface area is 193 Å². The zero-order valence-corrected chi connectivity index (χ0v) is 20.6. The molecule has 0 N–H and O–H groups in total. The Morgan fingerprint density at radius 3 is 2.00 bits per heavy atom. The van der Waals surface area contributed by atoms with Crippen molar-refractivity contribution in [3.63, 3.8) is 0 Å². The van der Waals surface area contributed by atoms with Crippen molar-refractivity contribution in [3.8, 4) is 0 Å². The molecule has 4 heteroatoms. The molecule has 0 aliphatic rings. The van der Waals surface area contributed by atoms with Crippen LogP contribution >= 0.6 is 0 Å². The Balaban J connectivity index is 0.000000837. The van der Waals surface area contributed by atoms with Crippen molar-refractivity contribution in [2.24, 2.45) is 0 Å². The highest BCUT2D eigenvalue weighted by molar-refractivity contribution is 5.81. The van der Waals surface area contributed by atoms with Crippen molar-refractivity contribution in [2.75, 3.05) is 23.9 Å². The first kappa shape index (κ1) is 25.4. The normalized spacial score (nSPS) is 11.9. The highest BCUT2D eigenvalue weighted by Gasteiger charge is 2.31. The average molecular weight is 436 g/mol. The minimum Gasteiger partial charge on any atom is -0.343 e. The van der Waals surface area contributed by atoms with Crippen LogP contribution in [-0.4, -0.2) is 25.3 Å². The Morgan fingerprint density at radius 1 is 0.812 bits per heavy atom. The maximum absolute atomic E-state index is 14.4. The highest BCUT2D eigenvalue weighted by Crippen LogP contribution is 2.41. The number of benzene rings is 2. The second-order valence-electron chi connectivity index (χ2n) is 8.67. The monoisotopic (exact) mass is 435 g/mol. The quantitative estimate of drug-likeness (QED) is 0.374. The Morgan fingerprint density at radius 2 is 1.41 bits per heavy atom. The van der Waals surface area contributed by atoms with Crippen LogP contribution in [0.25, 0.3) is 0 Å². The molecule has 3 nitrogen and oxygen atoms in total. The fourth-order valence-electron chi connectivity index (χ4n) is 3.37. The Bertz CT molecular complexity index is 952. The first-order valence-electron chi connectivity index (χ1n) is 11.5. The van der Waals surface area contributed by atoms with Crippen LogP contribution < -0.4 is 9.80 Å². The number of unbranched alkanes of at least 4 members (excludes halogenated alkanes) is 1. The van der Waals surface area contributed by atoms with Crippen LogP contribution in [0, 0.1) is 0 Å². The van der Waals surface area contributed by atoms with Crippen LogP contribution in [0.5, 0.6) is 0 Å². The molecule has 0 bridgehead atoms. The molecule has 0 aliphatic carbocycles. The van der Waals surface area contributed by atoms with E-state index >= 15 is 0 Å². The molecule has 0 unspecified atom stereocenters. The second kappa shape index (κ2) is 11.7. The number of hydrogen-bond donors (Lipinski definition) is 0. The number of nitrogens with zero attached hydrogens (tertiary/aromatic N) is 3. The number of halogens is 1. The van der Waals surface area contributed by atoms with E-state index in [1.807, 2.05) is 82.7 Å². The van der Waals surface area contributed by atoms with Gasteiger partial charge in [0.2, 0.25) is 0 Å². The van der Waals surface area contributed by atoms with E-state index in [9.17, 15) is 4.39 Å². The van der Waals surface area contributed by atoms with Gasteiger partial charge in [-0.05, 0) is 36.8 Å². The van der Waals surface area contributed by atoms with Crippen LogP contribution in [0.4, 0.5) is 27.1 Å². The third kappa shape index (κ3) is 5.87. The molecule has 172 valence electrons. The summed E-state index contributed by atoms with van der Waals surface area (Å²) in [5.41, 5.74) is 4.44. The Kier molecular flexibility index (Phi) is 9.25. The van der Waals surface area contributed by atoms with Gasteiger partial charge >= 0.3 is 0 Å². The third-order valence-electron chi connectivity index (χ3n) is 6.10. The summed E-state index contributed by atoms with van der Waals surface area (Å²) in [5.74, 6) is 0. The summed E-state index contributed by atoms with van der Waals surface area (Å²) < 4.78 is 14.4. The highest BCUT2D eigenvalue weighted by atomic mass is 19.1. The van der Waals surface area contributed by atoms with E-state index in [4.69, 9.17) is 0 Å². The van der Waals surface area contributed by atoms with Gasteiger partial charge in [0.1, 0.15) is 6.17 Å². The summed E-state index contributed by atoms with van der Waals surface area (Å²) >= 11 is 0. The minimum atomic E-state index is -0.970. The van der Waals surface area contributed by atoms with E-state index in [2.05, 4.69) is 40.8 Å². The van der Waals surface area contributed by atoms with Gasteiger partial charge in [-0.2, -0.15) is 0 Å². The molecule has 1 heterocycles. The fourth-order valence-corrected chi connectivity index (χ4v) is 3.37. The number of para-hydroxylation sites is 2. The van der Waals surface area contributed by atoms with Gasteiger partial charge in [0, 0.05) is 37.1 Å². The van der Waals surface area contributed by atoms with Crippen molar-refractivity contribution in [2.45, 2.75) is 59.0 Å². The van der Waals surface area contributed by atoms with Gasteiger partial charge in [-0.25, -0.2) is 4.39 Å². The second-order valence-corrected chi connectivity index (χ2v) is 8.67. The molecule has 0 saturated carbocycles. The van der Waals surface area contributed by atoms with Crippen molar-refractivity contribution < 1.29 is 4.39 Å². The topological polar surface area (TPSA) is 19.4 Å². The summed E-state index contributed by atoms with van der Waals surface area (Å²) in [5, 5.41) is 0. The average Bonchev–Trinajstić information content (AvgIpc) is 2.83. The molecule has 0 spiro atoms. The fraction of sp³-hybridized carbons (Fsp3) is 0.393. The maximum atomic E-state index is 14.4. The molecule has 0 radical (unpaired) electrons. The van der Waals surface area contributed by atoms with Gasteiger partial charge in [-0.15, -0.1) is 0 Å². The van der Waals surface area contributed by atoms with Gasteiger partial charge in [0.15, 0.2) is 0 Å². The lowest BCUT2D eigenvalue weighted by atomic mass is 9.79. The summed E-state index contributed by atoms with van der Waals surface area (Å²) in [6, 6.07) is 20.2. The third-order valence-corrected chi connectivity index (χ3v) is 6.10. The summed E-state index contributed by atoms with van der Waals surface area (Å²) in [4.78, 5) is 8.59. The molecule has 32 heavy (non-hydrogen) atoms. The smallest absolute Gasteiger partial charge is 0.106 e. The van der Waals surface area contributed by atoms with Crippen molar-refractivity contribution in [1.29, 1.82) is 0 Å². The number of hydrogen-bond acceptors (Lipinski definition) is 3. The largest absolute Gasteiger partial charge is 0.343 e. The van der Waals surface area contributed by atoms with E-state index in [0.717, 1.165) is 28.3 Å². The van der Waals surface area contributed by atoms with Gasteiger partial charge in [-0.1, -0.05) is 76.9 Å². The first-order chi connectivity index (χ1) is 15.3. The lowest BCUT2D eigenvalue weighted by molar-refractivity contribution is 0.237. The van der Waals surface area contributed by atoms with Gasteiger partial charge in [0.25, 0.3) is 0 Å². The standard InChI is InChI=1S/C24H28FN3.C4H10/c1-18(25)24(2,3)20-13-9-10-14-21(20)28(5)23-17-26-16-15-22(23)27(4)19-11-7-6-8-12-19;1-3-4-2/h6-18H,1-5H3;3-4H2,1-2H3/t18-;/m1./s1.